The van der Waals surface area contributed by atoms with Crippen LogP contribution in [0.1, 0.15) is 33.7 Å². The SMILES string of the molecule is Cc1ccc(C(=O)O)c(NCCCn2nc(C)cc2C)c1. The number of carboxylic acid groups (broad SMARTS) is 1. The largest absolute Gasteiger partial charge is 0.478 e. The molecule has 112 valence electrons. The maximum absolute atomic E-state index is 11.2. The number of rotatable bonds is 6. The summed E-state index contributed by atoms with van der Waals surface area (Å²) in [4.78, 5) is 11.2. The minimum atomic E-state index is -0.906. The summed E-state index contributed by atoms with van der Waals surface area (Å²) in [5.41, 5.74) is 4.20. The van der Waals surface area contributed by atoms with Crippen LogP contribution in [0.3, 0.4) is 0 Å². The molecule has 1 heterocycles. The predicted octanol–water partition coefficient (Wildman–Crippen LogP) is 3.01. The number of aromatic carboxylic acids is 1. The zero-order valence-corrected chi connectivity index (χ0v) is 12.7. The monoisotopic (exact) mass is 287 g/mol. The number of aromatic nitrogens is 2. The number of carboxylic acids is 1. The van der Waals surface area contributed by atoms with Gasteiger partial charge < -0.3 is 10.4 Å². The van der Waals surface area contributed by atoms with Gasteiger partial charge >= 0.3 is 5.97 Å². The van der Waals surface area contributed by atoms with E-state index in [0.717, 1.165) is 29.9 Å². The van der Waals surface area contributed by atoms with Crippen LogP contribution >= 0.6 is 0 Å². The molecule has 5 heteroatoms. The number of nitrogens with one attached hydrogen (secondary N) is 1. The predicted molar refractivity (Wildman–Crippen MR) is 82.9 cm³/mol. The minimum Gasteiger partial charge on any atom is -0.478 e. The Morgan fingerprint density at radius 1 is 1.29 bits per heavy atom. The first-order valence-corrected chi connectivity index (χ1v) is 7.06. The van der Waals surface area contributed by atoms with Crippen LogP contribution < -0.4 is 5.32 Å². The normalized spacial score (nSPS) is 10.6. The summed E-state index contributed by atoms with van der Waals surface area (Å²) >= 11 is 0. The zero-order chi connectivity index (χ0) is 15.4. The van der Waals surface area contributed by atoms with Gasteiger partial charge in [-0.2, -0.15) is 5.10 Å². The van der Waals surface area contributed by atoms with Crippen LogP contribution in [-0.2, 0) is 6.54 Å². The summed E-state index contributed by atoms with van der Waals surface area (Å²) in [6.07, 6.45) is 0.884. The van der Waals surface area contributed by atoms with Gasteiger partial charge in [-0.1, -0.05) is 6.07 Å². The molecule has 2 N–H and O–H groups in total. The number of anilines is 1. The maximum Gasteiger partial charge on any atom is 0.337 e. The van der Waals surface area contributed by atoms with E-state index in [4.69, 9.17) is 0 Å². The second-order valence-electron chi connectivity index (χ2n) is 5.28. The van der Waals surface area contributed by atoms with E-state index in [0.29, 0.717) is 17.8 Å². The van der Waals surface area contributed by atoms with Gasteiger partial charge in [-0.25, -0.2) is 4.79 Å². The molecule has 2 rings (SSSR count). The number of aryl methyl sites for hydroxylation is 4. The maximum atomic E-state index is 11.2. The summed E-state index contributed by atoms with van der Waals surface area (Å²) in [7, 11) is 0. The molecule has 0 atom stereocenters. The molecule has 0 radical (unpaired) electrons. The van der Waals surface area contributed by atoms with E-state index in [-0.39, 0.29) is 0 Å². The van der Waals surface area contributed by atoms with Gasteiger partial charge in [0.05, 0.1) is 11.3 Å². The Morgan fingerprint density at radius 2 is 2.05 bits per heavy atom. The van der Waals surface area contributed by atoms with Gasteiger partial charge in [-0.3, -0.25) is 4.68 Å². The van der Waals surface area contributed by atoms with E-state index >= 15 is 0 Å². The molecule has 21 heavy (non-hydrogen) atoms. The number of hydrogen-bond acceptors (Lipinski definition) is 3. The topological polar surface area (TPSA) is 67.2 Å². The standard InChI is InChI=1S/C16H21N3O2/c1-11-5-6-14(16(20)21)15(9-11)17-7-4-8-19-13(3)10-12(2)18-19/h5-6,9-10,17H,4,7-8H2,1-3H3,(H,20,21). The van der Waals surface area contributed by atoms with Crippen LogP contribution in [-0.4, -0.2) is 27.4 Å². The third-order valence-electron chi connectivity index (χ3n) is 3.37. The molecule has 0 aliphatic heterocycles. The molecule has 0 fully saturated rings. The highest BCUT2D eigenvalue weighted by atomic mass is 16.4. The molecule has 0 aliphatic carbocycles. The van der Waals surface area contributed by atoms with E-state index in [1.54, 1.807) is 6.07 Å². The Hall–Kier alpha value is -2.30. The lowest BCUT2D eigenvalue weighted by atomic mass is 10.1. The van der Waals surface area contributed by atoms with Crippen molar-refractivity contribution in [2.24, 2.45) is 0 Å². The van der Waals surface area contributed by atoms with Gasteiger partial charge in [0.2, 0.25) is 0 Å². The van der Waals surface area contributed by atoms with E-state index in [1.807, 2.05) is 37.6 Å². The van der Waals surface area contributed by atoms with Crippen LogP contribution in [0.2, 0.25) is 0 Å². The molecule has 0 aliphatic rings. The molecule has 5 nitrogen and oxygen atoms in total. The first-order chi connectivity index (χ1) is 9.97. The van der Waals surface area contributed by atoms with Crippen LogP contribution in [0.25, 0.3) is 0 Å². The lowest BCUT2D eigenvalue weighted by Crippen LogP contribution is -2.11. The highest BCUT2D eigenvalue weighted by Crippen LogP contribution is 2.17. The Morgan fingerprint density at radius 3 is 2.67 bits per heavy atom. The van der Waals surface area contributed by atoms with Crippen molar-refractivity contribution < 1.29 is 9.90 Å². The summed E-state index contributed by atoms with van der Waals surface area (Å²) in [6.45, 7) is 7.50. The van der Waals surface area contributed by atoms with Crippen LogP contribution in [0, 0.1) is 20.8 Å². The Kier molecular flexibility index (Phi) is 4.62. The van der Waals surface area contributed by atoms with Crippen molar-refractivity contribution in [3.05, 3.63) is 46.8 Å². The van der Waals surface area contributed by atoms with E-state index in [1.165, 1.54) is 0 Å². The number of nitrogens with zero attached hydrogens (tertiary/aromatic N) is 2. The minimum absolute atomic E-state index is 0.312. The van der Waals surface area contributed by atoms with E-state index < -0.39 is 5.97 Å². The number of benzene rings is 1. The van der Waals surface area contributed by atoms with Crippen molar-refractivity contribution in [2.45, 2.75) is 33.7 Å². The van der Waals surface area contributed by atoms with Crippen LogP contribution in [0.4, 0.5) is 5.69 Å². The summed E-state index contributed by atoms with van der Waals surface area (Å²) < 4.78 is 1.98. The average molecular weight is 287 g/mol. The first kappa shape index (κ1) is 15.1. The third-order valence-corrected chi connectivity index (χ3v) is 3.37. The molecular formula is C16H21N3O2. The van der Waals surface area contributed by atoms with Crippen LogP contribution in [0.15, 0.2) is 24.3 Å². The smallest absolute Gasteiger partial charge is 0.337 e. The highest BCUT2D eigenvalue weighted by molar-refractivity contribution is 5.94. The molecule has 0 saturated carbocycles. The Labute approximate surface area is 124 Å². The van der Waals surface area contributed by atoms with Gasteiger partial charge in [0, 0.05) is 24.5 Å². The molecule has 0 amide bonds. The summed E-state index contributed by atoms with van der Waals surface area (Å²) in [5.74, 6) is -0.906. The molecule has 1 aromatic carbocycles. The quantitative estimate of drug-likeness (QED) is 0.801. The Bertz CT molecular complexity index is 647. The lowest BCUT2D eigenvalue weighted by molar-refractivity contribution is 0.0698. The molecule has 0 unspecified atom stereocenters. The first-order valence-electron chi connectivity index (χ1n) is 7.06. The summed E-state index contributed by atoms with van der Waals surface area (Å²) in [5, 5.41) is 16.8. The molecule has 2 aromatic rings. The van der Waals surface area contributed by atoms with E-state index in [9.17, 15) is 9.90 Å². The van der Waals surface area contributed by atoms with E-state index in [2.05, 4.69) is 16.5 Å². The van der Waals surface area contributed by atoms with Gasteiger partial charge in [-0.05, 0) is 51.0 Å². The zero-order valence-electron chi connectivity index (χ0n) is 12.7. The molecule has 0 saturated heterocycles. The van der Waals surface area contributed by atoms with Gasteiger partial charge in [0.1, 0.15) is 0 Å². The van der Waals surface area contributed by atoms with Crippen LogP contribution in [0.5, 0.6) is 0 Å². The molecule has 0 bridgehead atoms. The highest BCUT2D eigenvalue weighted by Gasteiger charge is 2.09. The lowest BCUT2D eigenvalue weighted by Gasteiger charge is -2.11. The van der Waals surface area contributed by atoms with Gasteiger partial charge in [0.15, 0.2) is 0 Å². The fraction of sp³-hybridized carbons (Fsp3) is 0.375. The van der Waals surface area contributed by atoms with Crippen molar-refractivity contribution in [2.75, 3.05) is 11.9 Å². The van der Waals surface area contributed by atoms with Crippen molar-refractivity contribution in [3.63, 3.8) is 0 Å². The molecule has 0 spiro atoms. The van der Waals surface area contributed by atoms with Crippen molar-refractivity contribution >= 4 is 11.7 Å². The van der Waals surface area contributed by atoms with Crippen molar-refractivity contribution in [1.29, 1.82) is 0 Å². The summed E-state index contributed by atoms with van der Waals surface area (Å²) in [6, 6.07) is 7.37. The fourth-order valence-electron chi connectivity index (χ4n) is 2.34. The second kappa shape index (κ2) is 6.43. The average Bonchev–Trinajstić information content (AvgIpc) is 2.73. The fourth-order valence-corrected chi connectivity index (χ4v) is 2.34. The van der Waals surface area contributed by atoms with Gasteiger partial charge in [-0.15, -0.1) is 0 Å². The number of hydrogen-bond donors (Lipinski definition) is 2. The molecular weight excluding hydrogens is 266 g/mol. The Balaban J connectivity index is 1.93. The second-order valence-corrected chi connectivity index (χ2v) is 5.28. The third kappa shape index (κ3) is 3.84. The van der Waals surface area contributed by atoms with Crippen molar-refractivity contribution in [3.8, 4) is 0 Å². The molecule has 1 aromatic heterocycles. The van der Waals surface area contributed by atoms with Crippen molar-refractivity contribution in [1.82, 2.24) is 9.78 Å². The number of carbonyl (C=O) groups is 1. The van der Waals surface area contributed by atoms with Gasteiger partial charge in [0.25, 0.3) is 0 Å².